The zero-order valence-electron chi connectivity index (χ0n) is 16.8. The van der Waals surface area contributed by atoms with Gasteiger partial charge in [-0.3, -0.25) is 19.3 Å². The highest BCUT2D eigenvalue weighted by Crippen LogP contribution is 2.27. The maximum Gasteiger partial charge on any atom is 0.238 e. The van der Waals surface area contributed by atoms with Crippen molar-refractivity contribution in [2.24, 2.45) is 11.7 Å². The third-order valence-corrected chi connectivity index (χ3v) is 6.62. The number of thioether (sulfide) groups is 1. The highest BCUT2D eigenvalue weighted by molar-refractivity contribution is 8.00. The number of primary amides is 1. The molecule has 0 unspecified atom stereocenters. The van der Waals surface area contributed by atoms with E-state index in [1.807, 2.05) is 29.2 Å². The second kappa shape index (κ2) is 10.6. The van der Waals surface area contributed by atoms with E-state index < -0.39 is 0 Å². The van der Waals surface area contributed by atoms with Crippen LogP contribution in [0.25, 0.3) is 0 Å². The number of hydrogen-bond donors (Lipinski definition) is 2. The Morgan fingerprint density at radius 1 is 1.07 bits per heavy atom. The minimum absolute atomic E-state index is 0.0660. The van der Waals surface area contributed by atoms with Gasteiger partial charge in [-0.05, 0) is 56.8 Å². The second-order valence-corrected chi connectivity index (χ2v) is 8.83. The molecule has 2 saturated heterocycles. The minimum atomic E-state index is -0.387. The minimum Gasteiger partial charge on any atom is -0.369 e. The van der Waals surface area contributed by atoms with Gasteiger partial charge in [-0.1, -0.05) is 12.1 Å². The molecule has 29 heavy (non-hydrogen) atoms. The van der Waals surface area contributed by atoms with Gasteiger partial charge < -0.3 is 16.0 Å². The monoisotopic (exact) mass is 418 g/mol. The molecule has 0 radical (unpaired) electrons. The summed E-state index contributed by atoms with van der Waals surface area (Å²) in [7, 11) is 0. The van der Waals surface area contributed by atoms with Gasteiger partial charge in [0.05, 0.1) is 18.0 Å². The molecule has 3 N–H and O–H groups in total. The number of rotatable bonds is 8. The van der Waals surface area contributed by atoms with E-state index >= 15 is 0 Å². The van der Waals surface area contributed by atoms with E-state index in [-0.39, 0.29) is 17.6 Å². The Kier molecular flexibility index (Phi) is 7.94. The average molecular weight is 419 g/mol. The summed E-state index contributed by atoms with van der Waals surface area (Å²) >= 11 is 1.32. The van der Waals surface area contributed by atoms with Gasteiger partial charge in [-0.2, -0.15) is 0 Å². The highest BCUT2D eigenvalue weighted by Gasteiger charge is 2.26. The maximum atomic E-state index is 12.5. The molecule has 8 heteroatoms. The van der Waals surface area contributed by atoms with Crippen LogP contribution in [-0.2, 0) is 14.4 Å². The Hall–Kier alpha value is -2.06. The lowest BCUT2D eigenvalue weighted by Gasteiger charge is -2.32. The van der Waals surface area contributed by atoms with E-state index in [0.717, 1.165) is 56.8 Å². The first-order valence-corrected chi connectivity index (χ1v) is 11.3. The lowest BCUT2D eigenvalue weighted by atomic mass is 9.93. The van der Waals surface area contributed by atoms with E-state index in [9.17, 15) is 14.4 Å². The molecule has 158 valence electrons. The van der Waals surface area contributed by atoms with Crippen LogP contribution in [0, 0.1) is 5.92 Å². The molecule has 2 fully saturated rings. The molecule has 7 nitrogen and oxygen atoms in total. The van der Waals surface area contributed by atoms with E-state index in [1.165, 1.54) is 11.8 Å². The van der Waals surface area contributed by atoms with Gasteiger partial charge >= 0.3 is 0 Å². The maximum absolute atomic E-state index is 12.5. The van der Waals surface area contributed by atoms with Crippen LogP contribution in [0.2, 0.25) is 0 Å². The largest absolute Gasteiger partial charge is 0.369 e. The number of carbonyl (C=O) groups is 3. The fraction of sp³-hybridized carbons (Fsp3) is 0.571. The third-order valence-electron chi connectivity index (χ3n) is 5.53. The molecule has 0 aliphatic carbocycles. The van der Waals surface area contributed by atoms with Crippen molar-refractivity contribution in [1.29, 1.82) is 0 Å². The van der Waals surface area contributed by atoms with Crippen LogP contribution in [0.1, 0.15) is 32.1 Å². The molecule has 0 bridgehead atoms. The number of nitrogens with two attached hydrogens (primary N) is 1. The van der Waals surface area contributed by atoms with Gasteiger partial charge in [0.25, 0.3) is 0 Å². The normalized spacial score (nSPS) is 18.0. The third kappa shape index (κ3) is 6.75. The highest BCUT2D eigenvalue weighted by atomic mass is 32.2. The standard InChI is InChI=1S/C21H30N4O3S/c22-19(26)15-29-18-6-2-1-5-17(18)23-20(27)14-24-11-7-16(8-12-24)13-21(28)25-9-3-4-10-25/h1-2,5-6,16H,3-4,7-15H2,(H2,22,26)(H,23,27). The molecule has 1 aromatic rings. The molecule has 0 saturated carbocycles. The topological polar surface area (TPSA) is 95.7 Å². The lowest BCUT2D eigenvalue weighted by Crippen LogP contribution is -2.40. The zero-order valence-corrected chi connectivity index (χ0v) is 17.6. The van der Waals surface area contributed by atoms with Gasteiger partial charge in [-0.15, -0.1) is 11.8 Å². The quantitative estimate of drug-likeness (QED) is 0.629. The van der Waals surface area contributed by atoms with Crippen LogP contribution < -0.4 is 11.1 Å². The van der Waals surface area contributed by atoms with Crippen molar-refractivity contribution < 1.29 is 14.4 Å². The fourth-order valence-corrected chi connectivity index (χ4v) is 4.68. The SMILES string of the molecule is NC(=O)CSc1ccccc1NC(=O)CN1CCC(CC(=O)N2CCCC2)CC1. The first kappa shape index (κ1) is 21.6. The van der Waals surface area contributed by atoms with Crippen molar-refractivity contribution in [3.63, 3.8) is 0 Å². The summed E-state index contributed by atoms with van der Waals surface area (Å²) in [6.45, 7) is 3.84. The number of likely N-dealkylation sites (tertiary alicyclic amines) is 2. The molecular formula is C21H30N4O3S. The van der Waals surface area contributed by atoms with E-state index in [1.54, 1.807) is 0 Å². The number of anilines is 1. The van der Waals surface area contributed by atoms with Crippen molar-refractivity contribution in [2.75, 3.05) is 43.8 Å². The Morgan fingerprint density at radius 2 is 1.76 bits per heavy atom. The van der Waals surface area contributed by atoms with E-state index in [2.05, 4.69) is 10.2 Å². The summed E-state index contributed by atoms with van der Waals surface area (Å²) in [6, 6.07) is 7.42. The molecule has 2 heterocycles. The fourth-order valence-electron chi connectivity index (χ4n) is 3.93. The molecule has 3 amide bonds. The molecule has 2 aliphatic rings. The van der Waals surface area contributed by atoms with Crippen molar-refractivity contribution in [2.45, 2.75) is 37.0 Å². The van der Waals surface area contributed by atoms with Gasteiger partial charge in [0, 0.05) is 24.4 Å². The zero-order chi connectivity index (χ0) is 20.6. The summed E-state index contributed by atoms with van der Waals surface area (Å²) in [5.41, 5.74) is 5.92. The summed E-state index contributed by atoms with van der Waals surface area (Å²) in [6.07, 6.45) is 4.81. The van der Waals surface area contributed by atoms with Crippen LogP contribution in [0.5, 0.6) is 0 Å². The Bertz CT molecular complexity index is 728. The summed E-state index contributed by atoms with van der Waals surface area (Å²) in [5, 5.41) is 2.95. The van der Waals surface area contributed by atoms with Crippen molar-refractivity contribution in [3.05, 3.63) is 24.3 Å². The molecule has 0 aromatic heterocycles. The Balaban J connectivity index is 1.42. The van der Waals surface area contributed by atoms with Gasteiger partial charge in [0.1, 0.15) is 0 Å². The van der Waals surface area contributed by atoms with Gasteiger partial charge in [-0.25, -0.2) is 0 Å². The summed E-state index contributed by atoms with van der Waals surface area (Å²) in [5.74, 6) is 0.444. The van der Waals surface area contributed by atoms with Gasteiger partial charge in [0.2, 0.25) is 17.7 Å². The van der Waals surface area contributed by atoms with E-state index in [4.69, 9.17) is 5.73 Å². The molecule has 0 atom stereocenters. The van der Waals surface area contributed by atoms with Crippen LogP contribution in [0.4, 0.5) is 5.69 Å². The molecule has 0 spiro atoms. The number of benzene rings is 1. The predicted molar refractivity (Wildman–Crippen MR) is 115 cm³/mol. The second-order valence-electron chi connectivity index (χ2n) is 7.81. The smallest absolute Gasteiger partial charge is 0.238 e. The van der Waals surface area contributed by atoms with Crippen LogP contribution in [-0.4, -0.2) is 66.0 Å². The van der Waals surface area contributed by atoms with Crippen LogP contribution in [0.3, 0.4) is 0 Å². The average Bonchev–Trinajstić information content (AvgIpc) is 3.24. The first-order valence-electron chi connectivity index (χ1n) is 10.3. The summed E-state index contributed by atoms with van der Waals surface area (Å²) < 4.78 is 0. The van der Waals surface area contributed by atoms with Crippen molar-refractivity contribution in [3.8, 4) is 0 Å². The molecule has 3 rings (SSSR count). The van der Waals surface area contributed by atoms with Crippen molar-refractivity contribution in [1.82, 2.24) is 9.80 Å². The Morgan fingerprint density at radius 3 is 2.45 bits per heavy atom. The number of amides is 3. The number of hydrogen-bond acceptors (Lipinski definition) is 5. The number of carbonyl (C=O) groups excluding carboxylic acids is 3. The Labute approximate surface area is 176 Å². The number of piperidine rings is 1. The first-order chi connectivity index (χ1) is 14.0. The number of nitrogens with zero attached hydrogens (tertiary/aromatic N) is 2. The van der Waals surface area contributed by atoms with Crippen LogP contribution in [0.15, 0.2) is 29.2 Å². The molecular weight excluding hydrogens is 388 g/mol. The van der Waals surface area contributed by atoms with Crippen molar-refractivity contribution >= 4 is 35.2 Å². The molecule has 1 aromatic carbocycles. The number of para-hydroxylation sites is 1. The molecule has 2 aliphatic heterocycles. The lowest BCUT2D eigenvalue weighted by molar-refractivity contribution is -0.131. The van der Waals surface area contributed by atoms with Crippen LogP contribution >= 0.6 is 11.8 Å². The summed E-state index contributed by atoms with van der Waals surface area (Å²) in [4.78, 5) is 40.8. The van der Waals surface area contributed by atoms with E-state index in [0.29, 0.717) is 30.5 Å². The van der Waals surface area contributed by atoms with Gasteiger partial charge in [0.15, 0.2) is 0 Å². The predicted octanol–water partition coefficient (Wildman–Crippen LogP) is 1.93. The number of nitrogens with one attached hydrogen (secondary N) is 1.